The molecule has 1 aromatic carbocycles. The molecule has 9 nitrogen and oxygen atoms in total. The Kier molecular flexibility index (Phi) is 6.34. The second-order valence-electron chi connectivity index (χ2n) is 8.34. The van der Waals surface area contributed by atoms with Gasteiger partial charge in [-0.05, 0) is 31.7 Å². The van der Waals surface area contributed by atoms with Gasteiger partial charge in [-0.2, -0.15) is 4.39 Å². The average molecular weight is 454 g/mol. The monoisotopic (exact) mass is 453 g/mol. The van der Waals surface area contributed by atoms with E-state index in [9.17, 15) is 4.39 Å². The number of ether oxygens (including phenoxy) is 2. The summed E-state index contributed by atoms with van der Waals surface area (Å²) in [5.41, 5.74) is 2.68. The van der Waals surface area contributed by atoms with Gasteiger partial charge in [-0.1, -0.05) is 0 Å². The molecule has 5 rings (SSSR count). The lowest BCUT2D eigenvalue weighted by Gasteiger charge is -2.31. The SMILES string of the molecule is CNc1ncnc(N[C@H]2CC[C@@H](Oc3cc(N4CCOCC4)cc4nccnc34)CC2)c1F. The van der Waals surface area contributed by atoms with E-state index in [0.29, 0.717) is 13.2 Å². The zero-order chi connectivity index (χ0) is 22.6. The van der Waals surface area contributed by atoms with E-state index in [2.05, 4.69) is 47.6 Å². The van der Waals surface area contributed by atoms with Gasteiger partial charge in [0.15, 0.2) is 11.6 Å². The van der Waals surface area contributed by atoms with Crippen molar-refractivity contribution in [2.75, 3.05) is 48.9 Å². The molecule has 0 amide bonds. The van der Waals surface area contributed by atoms with Gasteiger partial charge in [-0.15, -0.1) is 0 Å². The summed E-state index contributed by atoms with van der Waals surface area (Å²) in [5.74, 6) is 0.734. The molecule has 2 aliphatic rings. The van der Waals surface area contributed by atoms with Crippen molar-refractivity contribution < 1.29 is 13.9 Å². The number of hydrogen-bond donors (Lipinski definition) is 2. The average Bonchev–Trinajstić information content (AvgIpc) is 2.87. The van der Waals surface area contributed by atoms with E-state index in [1.165, 1.54) is 6.33 Å². The van der Waals surface area contributed by atoms with Crippen molar-refractivity contribution in [1.29, 1.82) is 0 Å². The minimum Gasteiger partial charge on any atom is -0.488 e. The number of rotatable bonds is 6. The number of aromatic nitrogens is 4. The van der Waals surface area contributed by atoms with E-state index in [4.69, 9.17) is 9.47 Å². The van der Waals surface area contributed by atoms with Crippen molar-refractivity contribution in [2.24, 2.45) is 0 Å². The summed E-state index contributed by atoms with van der Waals surface area (Å²) in [5, 5.41) is 5.97. The highest BCUT2D eigenvalue weighted by Gasteiger charge is 2.25. The van der Waals surface area contributed by atoms with Crippen molar-refractivity contribution in [3.8, 4) is 5.75 Å². The van der Waals surface area contributed by atoms with Crippen LogP contribution in [0.2, 0.25) is 0 Å². The fraction of sp³-hybridized carbons (Fsp3) is 0.478. The molecule has 1 saturated carbocycles. The zero-order valence-electron chi connectivity index (χ0n) is 18.6. The Morgan fingerprint density at radius 3 is 2.55 bits per heavy atom. The molecular formula is C23H28FN7O2. The Morgan fingerprint density at radius 2 is 1.76 bits per heavy atom. The first kappa shape index (κ1) is 21.6. The fourth-order valence-electron chi connectivity index (χ4n) is 4.47. The molecule has 1 saturated heterocycles. The molecule has 1 aliphatic heterocycles. The molecule has 10 heteroatoms. The number of nitrogens with zero attached hydrogens (tertiary/aromatic N) is 5. The van der Waals surface area contributed by atoms with Crippen molar-refractivity contribution in [3.63, 3.8) is 0 Å². The first-order valence-electron chi connectivity index (χ1n) is 11.4. The number of morpholine rings is 1. The fourth-order valence-corrected chi connectivity index (χ4v) is 4.47. The standard InChI is InChI=1S/C23H28FN7O2/c1-25-22-20(24)23(29-14-28-22)30-15-2-4-17(5-3-15)33-19-13-16(31-8-10-32-11-9-31)12-18-21(19)27-7-6-26-18/h6-7,12-15,17H,2-5,8-11H2,1H3,(H2,25,28,29,30)/t15-,17+. The summed E-state index contributed by atoms with van der Waals surface area (Å²) in [6, 6.07) is 4.27. The zero-order valence-corrected chi connectivity index (χ0v) is 18.6. The minimum absolute atomic E-state index is 0.0660. The van der Waals surface area contributed by atoms with Crippen LogP contribution in [-0.4, -0.2) is 65.4 Å². The van der Waals surface area contributed by atoms with Gasteiger partial charge in [0.1, 0.15) is 17.6 Å². The van der Waals surface area contributed by atoms with Gasteiger partial charge in [0.2, 0.25) is 5.82 Å². The summed E-state index contributed by atoms with van der Waals surface area (Å²) in [6.07, 6.45) is 8.25. The maximum absolute atomic E-state index is 14.4. The third-order valence-corrected chi connectivity index (χ3v) is 6.23. The van der Waals surface area contributed by atoms with Crippen molar-refractivity contribution >= 4 is 28.4 Å². The van der Waals surface area contributed by atoms with Crippen molar-refractivity contribution in [1.82, 2.24) is 19.9 Å². The van der Waals surface area contributed by atoms with Crippen LogP contribution >= 0.6 is 0 Å². The highest BCUT2D eigenvalue weighted by atomic mass is 19.1. The summed E-state index contributed by atoms with van der Waals surface area (Å²) in [6.45, 7) is 3.12. The van der Waals surface area contributed by atoms with Crippen molar-refractivity contribution in [3.05, 3.63) is 36.7 Å². The maximum Gasteiger partial charge on any atom is 0.207 e. The Balaban J connectivity index is 1.27. The third-order valence-electron chi connectivity index (χ3n) is 6.23. The second-order valence-corrected chi connectivity index (χ2v) is 8.34. The first-order chi connectivity index (χ1) is 16.2. The van der Waals surface area contributed by atoms with Gasteiger partial charge in [0, 0.05) is 50.3 Å². The van der Waals surface area contributed by atoms with E-state index < -0.39 is 5.82 Å². The van der Waals surface area contributed by atoms with Gasteiger partial charge in [-0.3, -0.25) is 4.98 Å². The number of halogens is 1. The molecule has 0 atom stereocenters. The van der Waals surface area contributed by atoms with Crippen molar-refractivity contribution in [2.45, 2.75) is 37.8 Å². The molecule has 3 heterocycles. The number of fused-ring (bicyclic) bond motifs is 1. The predicted molar refractivity (Wildman–Crippen MR) is 124 cm³/mol. The molecule has 174 valence electrons. The molecule has 0 spiro atoms. The van der Waals surface area contributed by atoms with Crippen LogP contribution in [0.3, 0.4) is 0 Å². The van der Waals surface area contributed by atoms with Crippen LogP contribution in [0.4, 0.5) is 21.7 Å². The molecule has 33 heavy (non-hydrogen) atoms. The van der Waals surface area contributed by atoms with E-state index >= 15 is 0 Å². The quantitative estimate of drug-likeness (QED) is 0.583. The number of nitrogens with one attached hydrogen (secondary N) is 2. The van der Waals surface area contributed by atoms with E-state index in [0.717, 1.165) is 61.2 Å². The number of anilines is 3. The third kappa shape index (κ3) is 4.75. The maximum atomic E-state index is 14.4. The van der Waals surface area contributed by atoms with Gasteiger partial charge < -0.3 is 25.0 Å². The molecule has 1 aliphatic carbocycles. The summed E-state index contributed by atoms with van der Waals surface area (Å²) >= 11 is 0. The number of benzene rings is 1. The molecule has 2 N–H and O–H groups in total. The molecular weight excluding hydrogens is 425 g/mol. The van der Waals surface area contributed by atoms with E-state index in [1.807, 2.05) is 0 Å². The Labute approximate surface area is 191 Å². The van der Waals surface area contributed by atoms with E-state index in [-0.39, 0.29) is 23.8 Å². The van der Waals surface area contributed by atoms with Gasteiger partial charge >= 0.3 is 0 Å². The normalized spacial score (nSPS) is 21.1. The molecule has 2 fully saturated rings. The van der Waals surface area contributed by atoms with Crippen LogP contribution in [0.15, 0.2) is 30.9 Å². The van der Waals surface area contributed by atoms with Crippen LogP contribution in [0, 0.1) is 5.82 Å². The lowest BCUT2D eigenvalue weighted by Crippen LogP contribution is -2.36. The lowest BCUT2D eigenvalue weighted by molar-refractivity contribution is 0.122. The largest absolute Gasteiger partial charge is 0.488 e. The highest BCUT2D eigenvalue weighted by molar-refractivity contribution is 5.85. The van der Waals surface area contributed by atoms with E-state index in [1.54, 1.807) is 19.4 Å². The Hall–Kier alpha value is -3.27. The summed E-state index contributed by atoms with van der Waals surface area (Å²) in [7, 11) is 1.64. The predicted octanol–water partition coefficient (Wildman–Crippen LogP) is 3.24. The van der Waals surface area contributed by atoms with Crippen LogP contribution in [-0.2, 0) is 4.74 Å². The molecule has 3 aromatic rings. The van der Waals surface area contributed by atoms with Gasteiger partial charge in [0.05, 0.1) is 24.8 Å². The topological polar surface area (TPSA) is 97.3 Å². The van der Waals surface area contributed by atoms with Gasteiger partial charge in [-0.25, -0.2) is 15.0 Å². The first-order valence-corrected chi connectivity index (χ1v) is 11.4. The van der Waals surface area contributed by atoms with Crippen LogP contribution in [0.1, 0.15) is 25.7 Å². The smallest absolute Gasteiger partial charge is 0.207 e. The van der Waals surface area contributed by atoms with Crippen LogP contribution in [0.5, 0.6) is 5.75 Å². The second kappa shape index (κ2) is 9.70. The molecule has 0 radical (unpaired) electrons. The Morgan fingerprint density at radius 1 is 1.00 bits per heavy atom. The summed E-state index contributed by atoms with van der Waals surface area (Å²) in [4.78, 5) is 19.3. The highest BCUT2D eigenvalue weighted by Crippen LogP contribution is 2.33. The van der Waals surface area contributed by atoms with Crippen LogP contribution in [0.25, 0.3) is 11.0 Å². The minimum atomic E-state index is -0.455. The lowest BCUT2D eigenvalue weighted by atomic mass is 9.93. The van der Waals surface area contributed by atoms with Gasteiger partial charge in [0.25, 0.3) is 0 Å². The Bertz CT molecular complexity index is 1100. The number of hydrogen-bond acceptors (Lipinski definition) is 9. The molecule has 2 aromatic heterocycles. The summed E-state index contributed by atoms with van der Waals surface area (Å²) < 4.78 is 26.4. The molecule has 0 unspecified atom stereocenters. The van der Waals surface area contributed by atoms with Crippen LogP contribution < -0.4 is 20.3 Å². The molecule has 0 bridgehead atoms.